The van der Waals surface area contributed by atoms with Crippen LogP contribution < -0.4 is 10.9 Å². The molecule has 1 aromatic heterocycles. The summed E-state index contributed by atoms with van der Waals surface area (Å²) < 4.78 is 36.6. The molecule has 1 rings (SSSR count). The highest BCUT2D eigenvalue weighted by Gasteiger charge is 2.32. The molecule has 0 radical (unpaired) electrons. The van der Waals surface area contributed by atoms with Gasteiger partial charge in [0, 0.05) is 12.2 Å². The highest BCUT2D eigenvalue weighted by Crippen LogP contribution is 2.27. The standard InChI is InChI=1S/C9H10F3N3O2/c1-5(14-15-8(16)17)6-2-3-7(13-4-6)9(10,11)12/h2-5,14-15H,1H3,(H,16,17). The van der Waals surface area contributed by atoms with Gasteiger partial charge < -0.3 is 5.11 Å². The Morgan fingerprint density at radius 1 is 1.47 bits per heavy atom. The first-order valence-electron chi connectivity index (χ1n) is 4.58. The van der Waals surface area contributed by atoms with Gasteiger partial charge in [-0.2, -0.15) is 13.2 Å². The fourth-order valence-electron chi connectivity index (χ4n) is 1.08. The van der Waals surface area contributed by atoms with Gasteiger partial charge in [0.1, 0.15) is 5.69 Å². The maximum atomic E-state index is 12.2. The second-order valence-corrected chi connectivity index (χ2v) is 3.27. The Bertz CT molecular complexity index is 391. The number of nitrogens with zero attached hydrogens (tertiary/aromatic N) is 1. The van der Waals surface area contributed by atoms with E-state index in [-0.39, 0.29) is 0 Å². The molecule has 0 aliphatic carbocycles. The molecule has 8 heteroatoms. The van der Waals surface area contributed by atoms with Crippen LogP contribution in [0.3, 0.4) is 0 Å². The minimum atomic E-state index is -4.48. The lowest BCUT2D eigenvalue weighted by molar-refractivity contribution is -0.141. The molecule has 0 aliphatic rings. The van der Waals surface area contributed by atoms with Crippen LogP contribution in [-0.4, -0.2) is 16.2 Å². The Morgan fingerprint density at radius 3 is 2.53 bits per heavy atom. The number of halogens is 3. The van der Waals surface area contributed by atoms with Crippen LogP contribution in [0.1, 0.15) is 24.2 Å². The Kier molecular flexibility index (Phi) is 3.89. The smallest absolute Gasteiger partial charge is 0.433 e. The second-order valence-electron chi connectivity index (χ2n) is 3.27. The van der Waals surface area contributed by atoms with Crippen LogP contribution in [0.5, 0.6) is 0 Å². The Labute approximate surface area is 94.6 Å². The van der Waals surface area contributed by atoms with Crippen molar-refractivity contribution in [2.24, 2.45) is 0 Å². The molecule has 0 aromatic carbocycles. The molecule has 94 valence electrons. The average molecular weight is 249 g/mol. The molecule has 1 aromatic rings. The number of amides is 1. The SMILES string of the molecule is CC(NNC(=O)O)c1ccc(C(F)(F)F)nc1. The first kappa shape index (κ1) is 13.2. The molecule has 0 saturated heterocycles. The zero-order valence-electron chi connectivity index (χ0n) is 8.75. The molecule has 1 unspecified atom stereocenters. The third-order valence-corrected chi connectivity index (χ3v) is 1.97. The van der Waals surface area contributed by atoms with E-state index in [0.717, 1.165) is 12.3 Å². The Hall–Kier alpha value is -1.83. The van der Waals surface area contributed by atoms with Crippen LogP contribution >= 0.6 is 0 Å². The number of carboxylic acid groups (broad SMARTS) is 1. The van der Waals surface area contributed by atoms with Crippen LogP contribution in [-0.2, 0) is 6.18 Å². The lowest BCUT2D eigenvalue weighted by Gasteiger charge is -2.14. The first-order valence-corrected chi connectivity index (χ1v) is 4.58. The van der Waals surface area contributed by atoms with Crippen molar-refractivity contribution in [1.29, 1.82) is 0 Å². The van der Waals surface area contributed by atoms with Crippen LogP contribution in [0, 0.1) is 0 Å². The molecule has 5 nitrogen and oxygen atoms in total. The van der Waals surface area contributed by atoms with E-state index in [4.69, 9.17) is 5.11 Å². The van der Waals surface area contributed by atoms with Crippen LogP contribution in [0.15, 0.2) is 18.3 Å². The van der Waals surface area contributed by atoms with Crippen molar-refractivity contribution in [2.45, 2.75) is 19.1 Å². The minimum Gasteiger partial charge on any atom is -0.464 e. The lowest BCUT2D eigenvalue weighted by atomic mass is 10.1. The number of hydrogen-bond donors (Lipinski definition) is 3. The van der Waals surface area contributed by atoms with Gasteiger partial charge >= 0.3 is 12.3 Å². The number of pyridine rings is 1. The average Bonchev–Trinajstić information content (AvgIpc) is 2.25. The Morgan fingerprint density at radius 2 is 2.12 bits per heavy atom. The quantitative estimate of drug-likeness (QED) is 0.715. The minimum absolute atomic E-state index is 0.437. The van der Waals surface area contributed by atoms with Crippen LogP contribution in [0.2, 0.25) is 0 Å². The van der Waals surface area contributed by atoms with E-state index >= 15 is 0 Å². The van der Waals surface area contributed by atoms with E-state index in [9.17, 15) is 18.0 Å². The van der Waals surface area contributed by atoms with E-state index in [1.54, 1.807) is 6.92 Å². The van der Waals surface area contributed by atoms with Gasteiger partial charge in [-0.05, 0) is 18.6 Å². The number of hydrogen-bond acceptors (Lipinski definition) is 3. The fraction of sp³-hybridized carbons (Fsp3) is 0.333. The van der Waals surface area contributed by atoms with E-state index in [0.29, 0.717) is 5.56 Å². The van der Waals surface area contributed by atoms with Crippen molar-refractivity contribution in [3.05, 3.63) is 29.6 Å². The zero-order valence-corrected chi connectivity index (χ0v) is 8.75. The van der Waals surface area contributed by atoms with Crippen molar-refractivity contribution in [3.63, 3.8) is 0 Å². The molecular weight excluding hydrogens is 239 g/mol. The van der Waals surface area contributed by atoms with Crippen molar-refractivity contribution in [1.82, 2.24) is 15.8 Å². The molecule has 17 heavy (non-hydrogen) atoms. The van der Waals surface area contributed by atoms with Gasteiger partial charge in [0.2, 0.25) is 0 Å². The summed E-state index contributed by atoms with van der Waals surface area (Å²) in [6.45, 7) is 1.58. The number of alkyl halides is 3. The Balaban J connectivity index is 2.70. The van der Waals surface area contributed by atoms with E-state index in [1.807, 2.05) is 5.43 Å². The second kappa shape index (κ2) is 5.00. The molecule has 1 atom stereocenters. The maximum absolute atomic E-state index is 12.2. The third-order valence-electron chi connectivity index (χ3n) is 1.97. The number of carbonyl (C=O) groups is 1. The normalized spacial score (nSPS) is 13.2. The molecule has 3 N–H and O–H groups in total. The monoisotopic (exact) mass is 249 g/mol. The largest absolute Gasteiger partial charge is 0.464 e. The molecule has 1 heterocycles. The molecule has 0 saturated carbocycles. The summed E-state index contributed by atoms with van der Waals surface area (Å²) in [6, 6.07) is 1.59. The van der Waals surface area contributed by atoms with E-state index in [1.165, 1.54) is 6.07 Å². The number of rotatable bonds is 3. The molecule has 0 spiro atoms. The van der Waals surface area contributed by atoms with Gasteiger partial charge in [-0.1, -0.05) is 6.07 Å². The predicted molar refractivity (Wildman–Crippen MR) is 52.0 cm³/mol. The van der Waals surface area contributed by atoms with E-state index < -0.39 is 24.0 Å². The highest BCUT2D eigenvalue weighted by atomic mass is 19.4. The number of aromatic nitrogens is 1. The number of hydrazine groups is 1. The summed E-state index contributed by atoms with van der Waals surface area (Å²) in [6.07, 6.45) is -4.71. The molecule has 0 bridgehead atoms. The molecule has 0 aliphatic heterocycles. The van der Waals surface area contributed by atoms with Crippen molar-refractivity contribution >= 4 is 6.09 Å². The van der Waals surface area contributed by atoms with Crippen LogP contribution in [0.25, 0.3) is 0 Å². The number of nitrogens with one attached hydrogen (secondary N) is 2. The molecule has 1 amide bonds. The molecule has 0 fully saturated rings. The summed E-state index contributed by atoms with van der Waals surface area (Å²) in [5.74, 6) is 0. The van der Waals surface area contributed by atoms with Crippen molar-refractivity contribution in [2.75, 3.05) is 0 Å². The van der Waals surface area contributed by atoms with Gasteiger partial charge in [-0.25, -0.2) is 10.2 Å². The van der Waals surface area contributed by atoms with Crippen LogP contribution in [0.4, 0.5) is 18.0 Å². The van der Waals surface area contributed by atoms with Crippen molar-refractivity contribution < 1.29 is 23.1 Å². The third kappa shape index (κ3) is 3.91. The van der Waals surface area contributed by atoms with Crippen molar-refractivity contribution in [3.8, 4) is 0 Å². The maximum Gasteiger partial charge on any atom is 0.433 e. The fourth-order valence-corrected chi connectivity index (χ4v) is 1.08. The van der Waals surface area contributed by atoms with Gasteiger partial charge in [-0.15, -0.1) is 0 Å². The summed E-state index contributed by atoms with van der Waals surface area (Å²) in [4.78, 5) is 13.4. The summed E-state index contributed by atoms with van der Waals surface area (Å²) in [7, 11) is 0. The van der Waals surface area contributed by atoms with Gasteiger partial charge in [-0.3, -0.25) is 10.4 Å². The summed E-state index contributed by atoms with van der Waals surface area (Å²) >= 11 is 0. The van der Waals surface area contributed by atoms with Gasteiger partial charge in [0.05, 0.1) is 0 Å². The predicted octanol–water partition coefficient (Wildman–Crippen LogP) is 1.93. The highest BCUT2D eigenvalue weighted by molar-refractivity contribution is 5.63. The lowest BCUT2D eigenvalue weighted by Crippen LogP contribution is -2.38. The summed E-state index contributed by atoms with van der Waals surface area (Å²) in [5.41, 5.74) is 3.74. The molecular formula is C9H10F3N3O2. The van der Waals surface area contributed by atoms with E-state index in [2.05, 4.69) is 10.4 Å². The summed E-state index contributed by atoms with van der Waals surface area (Å²) in [5, 5.41) is 8.32. The van der Waals surface area contributed by atoms with Gasteiger partial charge in [0.15, 0.2) is 0 Å². The zero-order chi connectivity index (χ0) is 13.1. The van der Waals surface area contributed by atoms with Gasteiger partial charge in [0.25, 0.3) is 0 Å². The topological polar surface area (TPSA) is 74.2 Å². The first-order chi connectivity index (χ1) is 7.80.